The van der Waals surface area contributed by atoms with Crippen LogP contribution in [0.2, 0.25) is 0 Å². The molecule has 12 N–H and O–H groups in total. The number of aliphatic hydroxyl groups excluding tert-OH is 1. The third kappa shape index (κ3) is 20.3. The molecule has 1 fully saturated rings. The molecule has 10 amide bonds. The maximum absolute atomic E-state index is 14.0. The van der Waals surface area contributed by atoms with Gasteiger partial charge in [-0.05, 0) is 69.6 Å². The maximum atomic E-state index is 14.0. The van der Waals surface area contributed by atoms with Crippen LogP contribution in [0.3, 0.4) is 0 Å². The summed E-state index contributed by atoms with van der Waals surface area (Å²) in [5, 5.41) is 45.4. The number of carbonyl (C=O) groups is 11. The lowest BCUT2D eigenvalue weighted by Crippen LogP contribution is -2.66. The zero-order valence-corrected chi connectivity index (χ0v) is 42.5. The molecule has 23 heteroatoms. The maximum Gasteiger partial charge on any atom is 0.326 e. The lowest BCUT2D eigenvalue weighted by molar-refractivity contribution is -0.144. The van der Waals surface area contributed by atoms with E-state index < -0.39 is 144 Å². The van der Waals surface area contributed by atoms with Gasteiger partial charge in [-0.25, -0.2) is 4.79 Å². The van der Waals surface area contributed by atoms with E-state index in [0.717, 1.165) is 0 Å². The van der Waals surface area contributed by atoms with Crippen molar-refractivity contribution in [3.05, 3.63) is 0 Å². The number of carbonyl (C=O) groups excluding carboxylic acids is 10. The van der Waals surface area contributed by atoms with Crippen LogP contribution in [-0.2, 0) is 52.7 Å². The number of hydrogen-bond donors (Lipinski definition) is 12. The number of hydrogen-bond acceptors (Lipinski definition) is 12. The van der Waals surface area contributed by atoms with E-state index in [9.17, 15) is 63.0 Å². The molecule has 69 heavy (non-hydrogen) atoms. The first-order valence-corrected chi connectivity index (χ1v) is 23.9. The van der Waals surface area contributed by atoms with E-state index >= 15 is 0 Å². The van der Waals surface area contributed by atoms with Gasteiger partial charge in [0, 0.05) is 6.42 Å². The SMILES string of the molecule is CC[C@H](C)[C@H](NC(=O)CNC(=O)[C@H](C)NC(=O)[C@H](CC(C)C)NC(=O)[C@@H]1CCC(=O)N1)C(=O)NCC(=O)N[C@H](C(=O)N[C@](C)(CC(C)C)C(=O)N[C@H](C(=O)N[C@H](C(=O)O)C(C)C)[C@@H](C)O)[C@@H](C)CC. The standard InChI is InChI=1S/C46H80N10O13/c1-14-25(9)35(52-32(59)20-47-38(61)27(11)49-40(63)30(18-22(3)4)51-39(62)29-16-17-31(58)50-29)41(64)48-21-33(60)53-36(26(10)15-2)43(66)56-46(13,19-23(5)6)45(69)55-37(28(12)57)42(65)54-34(24(7)8)44(67)68/h22-30,34-37,57H,14-21H2,1-13H3,(H,47,61)(H,48,64)(H,49,63)(H,50,58)(H,51,62)(H,52,59)(H,53,60)(H,54,65)(H,55,69)(H,56,66)(H,67,68)/t25-,26-,27-,28+,29-,30-,34-,35-,36-,37-,46+/m0/s1. The third-order valence-electron chi connectivity index (χ3n) is 11.9. The topological polar surface area (TPSA) is 349 Å². The average Bonchev–Trinajstić information content (AvgIpc) is 3.70. The van der Waals surface area contributed by atoms with E-state index in [2.05, 4.69) is 53.2 Å². The Labute approximate surface area is 405 Å². The number of aliphatic hydroxyl groups is 1. The van der Waals surface area contributed by atoms with Crippen molar-refractivity contribution in [1.29, 1.82) is 0 Å². The molecule has 0 bridgehead atoms. The first-order valence-electron chi connectivity index (χ1n) is 23.9. The van der Waals surface area contributed by atoms with Crippen molar-refractivity contribution in [1.82, 2.24) is 53.2 Å². The van der Waals surface area contributed by atoms with E-state index in [1.165, 1.54) is 20.8 Å². The van der Waals surface area contributed by atoms with E-state index in [1.54, 1.807) is 55.4 Å². The molecule has 23 nitrogen and oxygen atoms in total. The Hall–Kier alpha value is -5.87. The van der Waals surface area contributed by atoms with Crippen LogP contribution in [0.4, 0.5) is 0 Å². The van der Waals surface area contributed by atoms with Gasteiger partial charge in [-0.3, -0.25) is 47.9 Å². The molecule has 392 valence electrons. The Bertz CT molecular complexity index is 1840. The Balaban J connectivity index is 3.02. The van der Waals surface area contributed by atoms with Crippen molar-refractivity contribution in [3.8, 4) is 0 Å². The summed E-state index contributed by atoms with van der Waals surface area (Å²) >= 11 is 0. The van der Waals surface area contributed by atoms with Gasteiger partial charge < -0.3 is 63.4 Å². The fraction of sp³-hybridized carbons (Fsp3) is 0.761. The summed E-state index contributed by atoms with van der Waals surface area (Å²) in [6.45, 7) is 20.2. The van der Waals surface area contributed by atoms with Crippen molar-refractivity contribution < 1.29 is 63.0 Å². The van der Waals surface area contributed by atoms with Gasteiger partial charge >= 0.3 is 5.97 Å². The highest BCUT2D eigenvalue weighted by Crippen LogP contribution is 2.20. The zero-order chi connectivity index (χ0) is 53.1. The van der Waals surface area contributed by atoms with Crippen LogP contribution in [0, 0.1) is 29.6 Å². The zero-order valence-electron chi connectivity index (χ0n) is 42.5. The Morgan fingerprint density at radius 1 is 0.638 bits per heavy atom. The van der Waals surface area contributed by atoms with E-state index in [1.807, 2.05) is 13.8 Å². The van der Waals surface area contributed by atoms with E-state index in [4.69, 9.17) is 0 Å². The summed E-state index contributed by atoms with van der Waals surface area (Å²) in [7, 11) is 0. The van der Waals surface area contributed by atoms with Crippen LogP contribution in [-0.4, -0.2) is 142 Å². The number of aliphatic carboxylic acids is 1. The van der Waals surface area contributed by atoms with Gasteiger partial charge in [0.2, 0.25) is 59.1 Å². The van der Waals surface area contributed by atoms with Crippen LogP contribution in [0.25, 0.3) is 0 Å². The van der Waals surface area contributed by atoms with E-state index in [0.29, 0.717) is 19.3 Å². The molecule has 0 aromatic carbocycles. The summed E-state index contributed by atoms with van der Waals surface area (Å²) in [6, 6.07) is -8.19. The first kappa shape index (κ1) is 61.1. The first-order chi connectivity index (χ1) is 32.0. The lowest BCUT2D eigenvalue weighted by atomic mass is 9.88. The molecule has 11 atom stereocenters. The normalized spacial score (nSPS) is 18.3. The second-order valence-corrected chi connectivity index (χ2v) is 19.6. The molecule has 0 unspecified atom stereocenters. The number of amides is 10. The summed E-state index contributed by atoms with van der Waals surface area (Å²) in [6.07, 6.45) is 0.126. The monoisotopic (exact) mass is 981 g/mol. The Kier molecular flexibility index (Phi) is 25.3. The predicted octanol–water partition coefficient (Wildman–Crippen LogP) is -1.39. The molecular formula is C46H80N10O13. The van der Waals surface area contributed by atoms with Crippen LogP contribution in [0.1, 0.15) is 129 Å². The second kappa shape index (κ2) is 28.6. The van der Waals surface area contributed by atoms with Gasteiger partial charge in [0.05, 0.1) is 19.2 Å². The van der Waals surface area contributed by atoms with Gasteiger partial charge in [0.15, 0.2) is 0 Å². The second-order valence-electron chi connectivity index (χ2n) is 19.6. The molecule has 1 aliphatic heterocycles. The van der Waals surface area contributed by atoms with Crippen LogP contribution < -0.4 is 53.2 Å². The van der Waals surface area contributed by atoms with Crippen molar-refractivity contribution in [2.45, 2.75) is 182 Å². The van der Waals surface area contributed by atoms with Crippen molar-refractivity contribution in [2.75, 3.05) is 13.1 Å². The molecular weight excluding hydrogens is 901 g/mol. The number of rotatable bonds is 29. The molecule has 0 aromatic rings. The minimum Gasteiger partial charge on any atom is -0.480 e. The van der Waals surface area contributed by atoms with Crippen molar-refractivity contribution in [2.24, 2.45) is 29.6 Å². The minimum atomic E-state index is -1.70. The highest BCUT2D eigenvalue weighted by Gasteiger charge is 2.42. The van der Waals surface area contributed by atoms with E-state index in [-0.39, 0.29) is 37.0 Å². The van der Waals surface area contributed by atoms with Crippen LogP contribution in [0.5, 0.6) is 0 Å². The molecule has 0 radical (unpaired) electrons. The van der Waals surface area contributed by atoms with Crippen LogP contribution >= 0.6 is 0 Å². The molecule has 0 saturated carbocycles. The number of carboxylic acid groups (broad SMARTS) is 1. The van der Waals surface area contributed by atoms with Gasteiger partial charge in [0.25, 0.3) is 0 Å². The van der Waals surface area contributed by atoms with Gasteiger partial charge in [-0.1, -0.05) is 82.1 Å². The molecule has 0 aliphatic carbocycles. The summed E-state index contributed by atoms with van der Waals surface area (Å²) in [5.41, 5.74) is -1.70. The molecule has 1 saturated heterocycles. The minimum absolute atomic E-state index is 0.0151. The fourth-order valence-corrected chi connectivity index (χ4v) is 7.45. The lowest BCUT2D eigenvalue weighted by Gasteiger charge is -2.35. The Morgan fingerprint density at radius 2 is 1.16 bits per heavy atom. The Morgan fingerprint density at radius 3 is 1.59 bits per heavy atom. The van der Waals surface area contributed by atoms with Gasteiger partial charge in [-0.15, -0.1) is 0 Å². The molecule has 1 rings (SSSR count). The van der Waals surface area contributed by atoms with Gasteiger partial charge in [-0.2, -0.15) is 0 Å². The van der Waals surface area contributed by atoms with Crippen molar-refractivity contribution >= 4 is 65.0 Å². The smallest absolute Gasteiger partial charge is 0.326 e. The molecule has 1 aliphatic rings. The van der Waals surface area contributed by atoms with Crippen LogP contribution in [0.15, 0.2) is 0 Å². The number of nitrogens with one attached hydrogen (secondary N) is 10. The summed E-state index contributed by atoms with van der Waals surface area (Å²) in [5.74, 6) is -9.97. The fourth-order valence-electron chi connectivity index (χ4n) is 7.45. The highest BCUT2D eigenvalue weighted by molar-refractivity contribution is 5.99. The molecule has 0 spiro atoms. The highest BCUT2D eigenvalue weighted by atomic mass is 16.4. The molecule has 0 aromatic heterocycles. The quantitative estimate of drug-likeness (QED) is 0.0411. The average molecular weight is 981 g/mol. The predicted molar refractivity (Wildman–Crippen MR) is 253 cm³/mol. The largest absolute Gasteiger partial charge is 0.480 e. The van der Waals surface area contributed by atoms with Gasteiger partial charge in [0.1, 0.15) is 47.8 Å². The molecule has 1 heterocycles. The summed E-state index contributed by atoms with van der Waals surface area (Å²) < 4.78 is 0. The number of carboxylic acids is 1. The third-order valence-corrected chi connectivity index (χ3v) is 11.9. The van der Waals surface area contributed by atoms with Crippen molar-refractivity contribution in [3.63, 3.8) is 0 Å². The summed E-state index contributed by atoms with van der Waals surface area (Å²) in [4.78, 5) is 143.